The Morgan fingerprint density at radius 3 is 2.48 bits per heavy atom. The molecule has 0 fully saturated rings. The number of halogens is 1. The van der Waals surface area contributed by atoms with E-state index in [1.807, 2.05) is 43.3 Å². The standard InChI is InChI=1S/C18H19ClO4/c1-12(9-18(20)21)14-4-6-15(7-5-14)23-11-13-3-8-17(22-2)16(19)10-13/h3-8,10,12H,9,11H2,1-2H3,(H,20,21)/t12-/m0/s1. The van der Waals surface area contributed by atoms with Crippen LogP contribution in [0, 0.1) is 0 Å². The molecule has 5 heteroatoms. The molecule has 0 aliphatic heterocycles. The maximum atomic E-state index is 10.7. The number of rotatable bonds is 7. The van der Waals surface area contributed by atoms with Crippen molar-refractivity contribution in [3.8, 4) is 11.5 Å². The summed E-state index contributed by atoms with van der Waals surface area (Å²) in [6.45, 7) is 2.29. The predicted octanol–water partition coefficient (Wildman–Crippen LogP) is 4.51. The summed E-state index contributed by atoms with van der Waals surface area (Å²) in [7, 11) is 1.57. The smallest absolute Gasteiger partial charge is 0.303 e. The van der Waals surface area contributed by atoms with Gasteiger partial charge in [0, 0.05) is 0 Å². The van der Waals surface area contributed by atoms with Crippen LogP contribution < -0.4 is 9.47 Å². The molecule has 2 aromatic rings. The average Bonchev–Trinajstić information content (AvgIpc) is 2.53. The van der Waals surface area contributed by atoms with E-state index in [0.717, 1.165) is 16.9 Å². The number of carbonyl (C=O) groups is 1. The third-order valence-electron chi connectivity index (χ3n) is 3.55. The molecular formula is C18H19ClO4. The van der Waals surface area contributed by atoms with Crippen molar-refractivity contribution in [1.82, 2.24) is 0 Å². The number of carboxylic acid groups (broad SMARTS) is 1. The summed E-state index contributed by atoms with van der Waals surface area (Å²) in [5.41, 5.74) is 1.92. The molecule has 0 saturated heterocycles. The fraction of sp³-hybridized carbons (Fsp3) is 0.278. The van der Waals surface area contributed by atoms with Crippen molar-refractivity contribution in [2.75, 3.05) is 7.11 Å². The lowest BCUT2D eigenvalue weighted by Crippen LogP contribution is -2.03. The van der Waals surface area contributed by atoms with Gasteiger partial charge in [0.25, 0.3) is 0 Å². The van der Waals surface area contributed by atoms with E-state index in [4.69, 9.17) is 26.2 Å². The van der Waals surface area contributed by atoms with E-state index in [2.05, 4.69) is 0 Å². The maximum Gasteiger partial charge on any atom is 0.303 e. The molecule has 2 aromatic carbocycles. The molecule has 23 heavy (non-hydrogen) atoms. The summed E-state index contributed by atoms with van der Waals surface area (Å²) in [5, 5.41) is 9.37. The fourth-order valence-corrected chi connectivity index (χ4v) is 2.52. The van der Waals surface area contributed by atoms with Crippen LogP contribution in [0.15, 0.2) is 42.5 Å². The van der Waals surface area contributed by atoms with E-state index in [0.29, 0.717) is 17.4 Å². The second-order valence-corrected chi connectivity index (χ2v) is 5.73. The van der Waals surface area contributed by atoms with Gasteiger partial charge in [-0.2, -0.15) is 0 Å². The topological polar surface area (TPSA) is 55.8 Å². The normalized spacial score (nSPS) is 11.8. The zero-order chi connectivity index (χ0) is 16.8. The van der Waals surface area contributed by atoms with Crippen LogP contribution in [0.4, 0.5) is 0 Å². The van der Waals surface area contributed by atoms with Gasteiger partial charge in [0.1, 0.15) is 18.1 Å². The zero-order valence-electron chi connectivity index (χ0n) is 13.1. The van der Waals surface area contributed by atoms with Crippen molar-refractivity contribution in [1.29, 1.82) is 0 Å². The molecule has 0 aromatic heterocycles. The Labute approximate surface area is 140 Å². The van der Waals surface area contributed by atoms with Crippen LogP contribution in [0.3, 0.4) is 0 Å². The zero-order valence-corrected chi connectivity index (χ0v) is 13.8. The van der Waals surface area contributed by atoms with Crippen molar-refractivity contribution in [3.05, 3.63) is 58.6 Å². The van der Waals surface area contributed by atoms with Gasteiger partial charge in [-0.25, -0.2) is 0 Å². The maximum absolute atomic E-state index is 10.7. The summed E-state index contributed by atoms with van der Waals surface area (Å²) in [6, 6.07) is 13.0. The molecule has 0 heterocycles. The van der Waals surface area contributed by atoms with Crippen molar-refractivity contribution in [2.45, 2.75) is 25.9 Å². The number of carboxylic acids is 1. The molecule has 0 aliphatic rings. The highest BCUT2D eigenvalue weighted by atomic mass is 35.5. The first-order chi connectivity index (χ1) is 11.0. The van der Waals surface area contributed by atoms with E-state index in [-0.39, 0.29) is 12.3 Å². The van der Waals surface area contributed by atoms with Gasteiger partial charge in [-0.1, -0.05) is 36.7 Å². The summed E-state index contributed by atoms with van der Waals surface area (Å²) in [4.78, 5) is 10.7. The van der Waals surface area contributed by atoms with Crippen LogP contribution in [0.25, 0.3) is 0 Å². The van der Waals surface area contributed by atoms with E-state index in [9.17, 15) is 4.79 Å². The third kappa shape index (κ3) is 4.89. The molecule has 0 spiro atoms. The first kappa shape index (κ1) is 17.2. The molecule has 122 valence electrons. The molecule has 1 N–H and O–H groups in total. The molecule has 0 saturated carbocycles. The molecule has 0 radical (unpaired) electrons. The predicted molar refractivity (Wildman–Crippen MR) is 89.4 cm³/mol. The monoisotopic (exact) mass is 334 g/mol. The molecule has 0 amide bonds. The molecule has 4 nitrogen and oxygen atoms in total. The van der Waals surface area contributed by atoms with Crippen LogP contribution in [-0.4, -0.2) is 18.2 Å². The Bertz CT molecular complexity index is 667. The second kappa shape index (κ2) is 7.88. The van der Waals surface area contributed by atoms with Gasteiger partial charge in [0.2, 0.25) is 0 Å². The summed E-state index contributed by atoms with van der Waals surface area (Å²) >= 11 is 6.08. The average molecular weight is 335 g/mol. The summed E-state index contributed by atoms with van der Waals surface area (Å²) in [5.74, 6) is 0.534. The first-order valence-corrected chi connectivity index (χ1v) is 7.64. The Hall–Kier alpha value is -2.20. The van der Waals surface area contributed by atoms with E-state index in [1.165, 1.54) is 0 Å². The Morgan fingerprint density at radius 1 is 1.22 bits per heavy atom. The number of benzene rings is 2. The van der Waals surface area contributed by atoms with Crippen LogP contribution in [0.1, 0.15) is 30.4 Å². The minimum Gasteiger partial charge on any atom is -0.495 e. The fourth-order valence-electron chi connectivity index (χ4n) is 2.24. The van der Waals surface area contributed by atoms with E-state index < -0.39 is 5.97 Å². The highest BCUT2D eigenvalue weighted by molar-refractivity contribution is 6.32. The lowest BCUT2D eigenvalue weighted by atomic mass is 9.98. The molecular weight excluding hydrogens is 316 g/mol. The van der Waals surface area contributed by atoms with Gasteiger partial charge in [-0.05, 0) is 41.3 Å². The first-order valence-electron chi connectivity index (χ1n) is 7.26. The van der Waals surface area contributed by atoms with Gasteiger partial charge in [-0.3, -0.25) is 4.79 Å². The minimum absolute atomic E-state index is 0.0260. The van der Waals surface area contributed by atoms with Crippen molar-refractivity contribution in [3.63, 3.8) is 0 Å². The van der Waals surface area contributed by atoms with Crippen molar-refractivity contribution >= 4 is 17.6 Å². The Kier molecular flexibility index (Phi) is 5.88. The number of aliphatic carboxylic acids is 1. The molecule has 1 atom stereocenters. The summed E-state index contributed by atoms with van der Waals surface area (Å²) < 4.78 is 10.8. The number of hydrogen-bond donors (Lipinski definition) is 1. The van der Waals surface area contributed by atoms with E-state index in [1.54, 1.807) is 13.2 Å². The molecule has 0 aliphatic carbocycles. The third-order valence-corrected chi connectivity index (χ3v) is 3.85. The van der Waals surface area contributed by atoms with Crippen LogP contribution in [0.5, 0.6) is 11.5 Å². The van der Waals surface area contributed by atoms with Crippen LogP contribution in [0.2, 0.25) is 5.02 Å². The van der Waals surface area contributed by atoms with Gasteiger partial charge >= 0.3 is 5.97 Å². The van der Waals surface area contributed by atoms with Gasteiger partial charge in [0.15, 0.2) is 0 Å². The van der Waals surface area contributed by atoms with Crippen LogP contribution >= 0.6 is 11.6 Å². The van der Waals surface area contributed by atoms with Gasteiger partial charge in [0.05, 0.1) is 18.6 Å². The number of hydrogen-bond acceptors (Lipinski definition) is 3. The van der Waals surface area contributed by atoms with E-state index >= 15 is 0 Å². The molecule has 0 bridgehead atoms. The minimum atomic E-state index is -0.797. The Balaban J connectivity index is 1.96. The lowest BCUT2D eigenvalue weighted by Gasteiger charge is -2.11. The largest absolute Gasteiger partial charge is 0.495 e. The highest BCUT2D eigenvalue weighted by Crippen LogP contribution is 2.26. The lowest BCUT2D eigenvalue weighted by molar-refractivity contribution is -0.137. The van der Waals surface area contributed by atoms with Crippen LogP contribution in [-0.2, 0) is 11.4 Å². The number of methoxy groups -OCH3 is 1. The Morgan fingerprint density at radius 2 is 1.91 bits per heavy atom. The molecule has 2 rings (SSSR count). The molecule has 0 unspecified atom stereocenters. The van der Waals surface area contributed by atoms with Gasteiger partial charge in [-0.15, -0.1) is 0 Å². The van der Waals surface area contributed by atoms with Gasteiger partial charge < -0.3 is 14.6 Å². The quantitative estimate of drug-likeness (QED) is 0.809. The second-order valence-electron chi connectivity index (χ2n) is 5.33. The number of ether oxygens (including phenoxy) is 2. The SMILES string of the molecule is COc1ccc(COc2ccc([C@@H](C)CC(=O)O)cc2)cc1Cl. The van der Waals surface area contributed by atoms with Crippen molar-refractivity contribution < 1.29 is 19.4 Å². The van der Waals surface area contributed by atoms with Crippen molar-refractivity contribution in [2.24, 2.45) is 0 Å². The highest BCUT2D eigenvalue weighted by Gasteiger charge is 2.10. The summed E-state index contributed by atoms with van der Waals surface area (Å²) in [6.07, 6.45) is 0.116.